The van der Waals surface area contributed by atoms with Gasteiger partial charge in [0.25, 0.3) is 5.91 Å². The number of aromatic amines is 1. The third-order valence-corrected chi connectivity index (χ3v) is 4.51. The van der Waals surface area contributed by atoms with Gasteiger partial charge in [0.1, 0.15) is 5.75 Å². The molecule has 1 aromatic carbocycles. The Balaban J connectivity index is 1.50. The van der Waals surface area contributed by atoms with Gasteiger partial charge in [0.05, 0.1) is 13.0 Å². The number of carbonyl (C=O) groups is 2. The number of benzene rings is 1. The maximum atomic E-state index is 12.6. The van der Waals surface area contributed by atoms with Crippen LogP contribution < -0.4 is 4.74 Å². The Morgan fingerprint density at radius 3 is 2.35 bits per heavy atom. The van der Waals surface area contributed by atoms with Crippen molar-refractivity contribution in [3.63, 3.8) is 0 Å². The lowest BCUT2D eigenvalue weighted by Gasteiger charge is -2.35. The summed E-state index contributed by atoms with van der Waals surface area (Å²) in [5.74, 6) is 0.891. The first-order chi connectivity index (χ1) is 12.7. The summed E-state index contributed by atoms with van der Waals surface area (Å²) in [7, 11) is 0. The van der Waals surface area contributed by atoms with Gasteiger partial charge in [-0.3, -0.25) is 9.59 Å². The summed E-state index contributed by atoms with van der Waals surface area (Å²) >= 11 is 0. The number of nitrogens with zero attached hydrogens (tertiary/aromatic N) is 2. The standard InChI is InChI=1S/C20H25N3O3/c1-2-13-26-18-5-3-17(4-6-18)20(25)23-11-9-22(10-12-23)19(24)14-16-7-8-21-15-16/h3-8,15,21H,2,9-14H2,1H3. The second-order valence-electron chi connectivity index (χ2n) is 6.44. The zero-order chi connectivity index (χ0) is 18.4. The van der Waals surface area contributed by atoms with Crippen molar-refractivity contribution in [3.05, 3.63) is 53.9 Å². The van der Waals surface area contributed by atoms with Gasteiger partial charge in [-0.25, -0.2) is 0 Å². The predicted molar refractivity (Wildman–Crippen MR) is 99.2 cm³/mol. The first-order valence-electron chi connectivity index (χ1n) is 9.09. The summed E-state index contributed by atoms with van der Waals surface area (Å²) in [6, 6.07) is 9.18. The molecule has 0 spiro atoms. The number of aromatic nitrogens is 1. The van der Waals surface area contributed by atoms with E-state index < -0.39 is 0 Å². The fraction of sp³-hybridized carbons (Fsp3) is 0.400. The van der Waals surface area contributed by atoms with Crippen LogP contribution in [0.1, 0.15) is 29.3 Å². The number of nitrogens with one attached hydrogen (secondary N) is 1. The number of piperazine rings is 1. The van der Waals surface area contributed by atoms with Crippen LogP contribution in [0.5, 0.6) is 5.75 Å². The number of H-pyrrole nitrogens is 1. The highest BCUT2D eigenvalue weighted by Gasteiger charge is 2.24. The van der Waals surface area contributed by atoms with Gasteiger partial charge in [-0.1, -0.05) is 6.92 Å². The molecule has 1 fully saturated rings. The van der Waals surface area contributed by atoms with E-state index >= 15 is 0 Å². The molecule has 6 heteroatoms. The van der Waals surface area contributed by atoms with Gasteiger partial charge < -0.3 is 19.5 Å². The van der Waals surface area contributed by atoms with Crippen molar-refractivity contribution in [2.45, 2.75) is 19.8 Å². The fourth-order valence-electron chi connectivity index (χ4n) is 3.01. The van der Waals surface area contributed by atoms with E-state index in [0.717, 1.165) is 17.7 Å². The molecule has 0 radical (unpaired) electrons. The van der Waals surface area contributed by atoms with Crippen molar-refractivity contribution in [1.82, 2.24) is 14.8 Å². The number of rotatable bonds is 6. The third-order valence-electron chi connectivity index (χ3n) is 4.51. The lowest BCUT2D eigenvalue weighted by molar-refractivity contribution is -0.131. The van der Waals surface area contributed by atoms with E-state index in [9.17, 15) is 9.59 Å². The molecular weight excluding hydrogens is 330 g/mol. The number of amides is 2. The molecule has 1 aliphatic heterocycles. The quantitative estimate of drug-likeness (QED) is 0.865. The molecule has 3 rings (SSSR count). The summed E-state index contributed by atoms with van der Waals surface area (Å²) in [4.78, 5) is 31.6. The van der Waals surface area contributed by atoms with E-state index in [0.29, 0.717) is 44.8 Å². The number of hydrogen-bond donors (Lipinski definition) is 1. The van der Waals surface area contributed by atoms with Crippen LogP contribution in [0, 0.1) is 0 Å². The molecule has 0 atom stereocenters. The molecule has 1 aliphatic rings. The predicted octanol–water partition coefficient (Wildman–Crippen LogP) is 2.33. The minimum atomic E-state index is 0.00442. The number of hydrogen-bond acceptors (Lipinski definition) is 3. The minimum absolute atomic E-state index is 0.00442. The Labute approximate surface area is 153 Å². The lowest BCUT2D eigenvalue weighted by Crippen LogP contribution is -2.51. The van der Waals surface area contributed by atoms with Crippen LogP contribution in [-0.4, -0.2) is 59.4 Å². The Morgan fingerprint density at radius 1 is 1.04 bits per heavy atom. The Hall–Kier alpha value is -2.76. The highest BCUT2D eigenvalue weighted by molar-refractivity contribution is 5.94. The van der Waals surface area contributed by atoms with Crippen molar-refractivity contribution in [2.75, 3.05) is 32.8 Å². The summed E-state index contributed by atoms with van der Waals surface area (Å²) < 4.78 is 5.55. The highest BCUT2D eigenvalue weighted by atomic mass is 16.5. The monoisotopic (exact) mass is 355 g/mol. The van der Waals surface area contributed by atoms with Crippen LogP contribution in [0.3, 0.4) is 0 Å². The summed E-state index contributed by atoms with van der Waals surface area (Å²) in [6.45, 7) is 5.00. The maximum Gasteiger partial charge on any atom is 0.253 e. The highest BCUT2D eigenvalue weighted by Crippen LogP contribution is 2.15. The van der Waals surface area contributed by atoms with Crippen molar-refractivity contribution >= 4 is 11.8 Å². The van der Waals surface area contributed by atoms with E-state index in [1.165, 1.54) is 0 Å². The van der Waals surface area contributed by atoms with E-state index in [2.05, 4.69) is 11.9 Å². The third kappa shape index (κ3) is 4.45. The van der Waals surface area contributed by atoms with Crippen molar-refractivity contribution in [3.8, 4) is 5.75 Å². The molecule has 0 unspecified atom stereocenters. The average Bonchev–Trinajstić information content (AvgIpc) is 3.19. The summed E-state index contributed by atoms with van der Waals surface area (Å²) in [5, 5.41) is 0. The lowest BCUT2D eigenvalue weighted by atomic mass is 10.1. The van der Waals surface area contributed by atoms with Crippen LogP contribution in [-0.2, 0) is 11.2 Å². The molecule has 1 aromatic heterocycles. The molecule has 138 valence electrons. The largest absolute Gasteiger partial charge is 0.494 e. The van der Waals surface area contributed by atoms with Crippen LogP contribution >= 0.6 is 0 Å². The first-order valence-corrected chi connectivity index (χ1v) is 9.09. The SMILES string of the molecule is CCCOc1ccc(C(=O)N2CCN(C(=O)Cc3cc[nH]c3)CC2)cc1. The van der Waals surface area contributed by atoms with Crippen molar-refractivity contribution in [2.24, 2.45) is 0 Å². The molecule has 1 N–H and O–H groups in total. The van der Waals surface area contributed by atoms with Gasteiger partial charge >= 0.3 is 0 Å². The van der Waals surface area contributed by atoms with E-state index in [1.807, 2.05) is 40.4 Å². The molecular formula is C20H25N3O3. The van der Waals surface area contributed by atoms with Crippen LogP contribution in [0.25, 0.3) is 0 Å². The molecule has 2 heterocycles. The Kier molecular flexibility index (Phi) is 5.94. The van der Waals surface area contributed by atoms with E-state index in [4.69, 9.17) is 4.74 Å². The van der Waals surface area contributed by atoms with Crippen molar-refractivity contribution < 1.29 is 14.3 Å². The zero-order valence-corrected chi connectivity index (χ0v) is 15.1. The molecule has 2 amide bonds. The van der Waals surface area contributed by atoms with Gasteiger partial charge in [0, 0.05) is 44.1 Å². The van der Waals surface area contributed by atoms with Gasteiger partial charge in [-0.05, 0) is 42.3 Å². The van der Waals surface area contributed by atoms with Crippen LogP contribution in [0.2, 0.25) is 0 Å². The summed E-state index contributed by atoms with van der Waals surface area (Å²) in [5.41, 5.74) is 1.64. The number of carbonyl (C=O) groups excluding carboxylic acids is 2. The molecule has 1 saturated heterocycles. The molecule has 2 aromatic rings. The average molecular weight is 355 g/mol. The normalized spacial score (nSPS) is 14.3. The topological polar surface area (TPSA) is 65.6 Å². The van der Waals surface area contributed by atoms with Crippen LogP contribution in [0.15, 0.2) is 42.7 Å². The summed E-state index contributed by atoms with van der Waals surface area (Å²) in [6.07, 6.45) is 5.01. The second-order valence-corrected chi connectivity index (χ2v) is 6.44. The smallest absolute Gasteiger partial charge is 0.253 e. The van der Waals surface area contributed by atoms with Crippen molar-refractivity contribution in [1.29, 1.82) is 0 Å². The van der Waals surface area contributed by atoms with Gasteiger partial charge in [-0.2, -0.15) is 0 Å². The van der Waals surface area contributed by atoms with Gasteiger partial charge in [0.15, 0.2) is 0 Å². The zero-order valence-electron chi connectivity index (χ0n) is 15.1. The molecule has 26 heavy (non-hydrogen) atoms. The van der Waals surface area contributed by atoms with Gasteiger partial charge in [0.2, 0.25) is 5.91 Å². The molecule has 6 nitrogen and oxygen atoms in total. The minimum Gasteiger partial charge on any atom is -0.494 e. The first kappa shape index (κ1) is 18.0. The Bertz CT molecular complexity index is 717. The Morgan fingerprint density at radius 2 is 1.73 bits per heavy atom. The fourth-order valence-corrected chi connectivity index (χ4v) is 3.01. The van der Waals surface area contributed by atoms with Crippen LogP contribution in [0.4, 0.5) is 0 Å². The molecule has 0 saturated carbocycles. The molecule has 0 bridgehead atoms. The number of ether oxygens (including phenoxy) is 1. The second kappa shape index (κ2) is 8.56. The van der Waals surface area contributed by atoms with E-state index in [1.54, 1.807) is 12.1 Å². The maximum absolute atomic E-state index is 12.6. The molecule has 0 aliphatic carbocycles. The van der Waals surface area contributed by atoms with Gasteiger partial charge in [-0.15, -0.1) is 0 Å². The van der Waals surface area contributed by atoms with E-state index in [-0.39, 0.29) is 11.8 Å².